The first-order valence-corrected chi connectivity index (χ1v) is 21.0. The van der Waals surface area contributed by atoms with Crippen molar-refractivity contribution in [2.75, 3.05) is 79.5 Å². The fourth-order valence-electron chi connectivity index (χ4n) is 9.19. The Balaban J connectivity index is 0.767. The van der Waals surface area contributed by atoms with Gasteiger partial charge in [-0.25, -0.2) is 9.59 Å². The van der Waals surface area contributed by atoms with Crippen molar-refractivity contribution in [2.45, 2.75) is 38.5 Å². The highest BCUT2D eigenvalue weighted by Crippen LogP contribution is 2.38. The topological polar surface area (TPSA) is 84.9 Å². The summed E-state index contributed by atoms with van der Waals surface area (Å²) >= 11 is 0. The minimum atomic E-state index is -0.522. The first kappa shape index (κ1) is 39.6. The van der Waals surface area contributed by atoms with Crippen LogP contribution in [-0.2, 0) is 32.1 Å². The van der Waals surface area contributed by atoms with Gasteiger partial charge in [0, 0.05) is 76.0 Å². The number of hydrogen-bond donors (Lipinski definition) is 0. The van der Waals surface area contributed by atoms with Gasteiger partial charge in [0.2, 0.25) is 0 Å². The van der Waals surface area contributed by atoms with Crippen LogP contribution in [0.1, 0.15) is 47.9 Å². The summed E-state index contributed by atoms with van der Waals surface area (Å²) in [6.07, 6.45) is 20.3. The second-order valence-electron chi connectivity index (χ2n) is 16.5. The number of aromatic nitrogens is 2. The molecule has 4 heterocycles. The zero-order chi connectivity index (χ0) is 40.0. The maximum absolute atomic E-state index is 13.0. The highest BCUT2D eigenvalue weighted by Gasteiger charge is 2.33. The summed E-state index contributed by atoms with van der Waals surface area (Å²) in [5.74, 6) is -1.04. The number of fused-ring (bicyclic) bond motifs is 2. The Bertz CT molecular complexity index is 2050. The van der Waals surface area contributed by atoms with Gasteiger partial charge < -0.3 is 0 Å². The average molecular weight is 781 g/mol. The van der Waals surface area contributed by atoms with Crippen molar-refractivity contribution in [2.24, 2.45) is 0 Å². The normalized spacial score (nSPS) is 22.4. The van der Waals surface area contributed by atoms with E-state index in [1.54, 1.807) is 0 Å². The fraction of sp³-hybridized carbons (Fsp3) is 0.375. The molecular weight excluding hydrogens is 725 g/mol. The molecule has 2 aliphatic heterocycles. The number of likely N-dealkylation sites (N-methyl/N-ethyl adjacent to an activating group) is 2. The van der Waals surface area contributed by atoms with E-state index in [1.165, 1.54) is 67.8 Å². The van der Waals surface area contributed by atoms with Crippen molar-refractivity contribution in [3.8, 4) is 22.3 Å². The van der Waals surface area contributed by atoms with Gasteiger partial charge in [0.25, 0.3) is 0 Å². The average Bonchev–Trinajstić information content (AvgIpc) is 3.75. The van der Waals surface area contributed by atoms with E-state index in [-0.39, 0.29) is 9.29 Å². The standard InChI is InChI=1S/C48H56N6O4/c1-53(33-5-27-51(31-35-53)29-21-37-11-13-45-41(37)7-3-9-43(45)39-17-23-49-24-18-39)57-47(55)15-16-48(56)58-54(2)34-6-28-52(32-36-54)30-22-38-12-14-46-42(38)8-4-10-44(46)40-19-25-50-26-20-40/h3-4,7-12,15-20,23-26H,5-6,13-14,21-22,27-36H2,1-2H3/q+2/b16-15-. The summed E-state index contributed by atoms with van der Waals surface area (Å²) in [5.41, 5.74) is 13.3. The lowest BCUT2D eigenvalue weighted by atomic mass is 9.95. The number of hydrogen-bond acceptors (Lipinski definition) is 8. The number of hydroxylamine groups is 6. The molecule has 2 atom stereocenters. The van der Waals surface area contributed by atoms with Crippen LogP contribution in [-0.4, -0.2) is 121 Å². The molecule has 58 heavy (non-hydrogen) atoms. The molecule has 2 saturated heterocycles. The van der Waals surface area contributed by atoms with Crippen molar-refractivity contribution in [1.82, 2.24) is 19.8 Å². The molecule has 0 radical (unpaired) electrons. The van der Waals surface area contributed by atoms with Gasteiger partial charge in [0.1, 0.15) is 40.3 Å². The lowest BCUT2D eigenvalue weighted by Crippen LogP contribution is -2.48. The first-order chi connectivity index (χ1) is 28.2. The van der Waals surface area contributed by atoms with E-state index in [1.807, 2.05) is 38.9 Å². The van der Waals surface area contributed by atoms with Crippen LogP contribution in [0.25, 0.3) is 33.4 Å². The smallest absolute Gasteiger partial charge is 0.297 e. The molecule has 2 fully saturated rings. The molecule has 10 heteroatoms. The van der Waals surface area contributed by atoms with Crippen LogP contribution in [0.15, 0.2) is 110 Å². The van der Waals surface area contributed by atoms with Crippen molar-refractivity contribution in [1.29, 1.82) is 0 Å². The third-order valence-corrected chi connectivity index (χ3v) is 12.5. The lowest BCUT2D eigenvalue weighted by molar-refractivity contribution is -1.07. The highest BCUT2D eigenvalue weighted by molar-refractivity contribution is 5.91. The van der Waals surface area contributed by atoms with Crippen LogP contribution < -0.4 is 0 Å². The number of benzene rings is 2. The lowest BCUT2D eigenvalue weighted by Gasteiger charge is -2.29. The van der Waals surface area contributed by atoms with E-state index in [9.17, 15) is 9.59 Å². The summed E-state index contributed by atoms with van der Waals surface area (Å²) < 4.78 is 0.376. The number of pyridine rings is 2. The van der Waals surface area contributed by atoms with Crippen LogP contribution in [0.3, 0.4) is 0 Å². The van der Waals surface area contributed by atoms with Gasteiger partial charge in [0.15, 0.2) is 0 Å². The van der Waals surface area contributed by atoms with Crippen molar-refractivity contribution in [3.05, 3.63) is 132 Å². The molecule has 8 rings (SSSR count). The molecule has 0 saturated carbocycles. The van der Waals surface area contributed by atoms with Gasteiger partial charge in [-0.3, -0.25) is 29.4 Å². The van der Waals surface area contributed by atoms with Crippen LogP contribution in [0.5, 0.6) is 0 Å². The number of carbonyl (C=O) groups excluding carboxylic acids is 2. The van der Waals surface area contributed by atoms with Crippen molar-refractivity contribution >= 4 is 23.1 Å². The van der Waals surface area contributed by atoms with Crippen LogP contribution in [0.2, 0.25) is 0 Å². The van der Waals surface area contributed by atoms with Crippen LogP contribution in [0.4, 0.5) is 0 Å². The van der Waals surface area contributed by atoms with Crippen LogP contribution >= 0.6 is 0 Å². The van der Waals surface area contributed by atoms with E-state index in [4.69, 9.17) is 9.68 Å². The van der Waals surface area contributed by atoms with Crippen molar-refractivity contribution < 1.29 is 28.6 Å². The molecule has 0 N–H and O–H groups in total. The summed E-state index contributed by atoms with van der Waals surface area (Å²) in [6.45, 7) is 8.32. The minimum Gasteiger partial charge on any atom is -0.297 e. The second kappa shape index (κ2) is 17.7. The third-order valence-electron chi connectivity index (χ3n) is 12.5. The van der Waals surface area contributed by atoms with Gasteiger partial charge in [-0.05, 0) is 106 Å². The first-order valence-electron chi connectivity index (χ1n) is 21.0. The quantitative estimate of drug-likeness (QED) is 0.113. The van der Waals surface area contributed by atoms with Crippen molar-refractivity contribution in [3.63, 3.8) is 0 Å². The van der Waals surface area contributed by atoms with E-state index < -0.39 is 11.9 Å². The largest absolute Gasteiger partial charge is 0.390 e. The SMILES string of the molecule is C[N+]1(OC(=O)/C=C\C(=O)O[N+]2(C)CCCN(CCC3=CCc4c3cccc4-c3ccncc3)CC2)CCCN(CCC2=CCc3c2cccc3-c2ccncc2)CC1. The zero-order valence-corrected chi connectivity index (χ0v) is 34.0. The van der Waals surface area contributed by atoms with E-state index in [0.717, 1.165) is 90.9 Å². The zero-order valence-electron chi connectivity index (χ0n) is 34.0. The molecule has 300 valence electrons. The number of nitrogens with zero attached hydrogens (tertiary/aromatic N) is 6. The molecule has 2 unspecified atom stereocenters. The van der Waals surface area contributed by atoms with Gasteiger partial charge >= 0.3 is 11.9 Å². The maximum Gasteiger partial charge on any atom is 0.390 e. The monoisotopic (exact) mass is 780 g/mol. The minimum absolute atomic E-state index is 0.188. The number of carbonyl (C=O) groups is 2. The number of rotatable bonds is 12. The molecule has 2 aliphatic carbocycles. The predicted octanol–water partition coefficient (Wildman–Crippen LogP) is 6.95. The van der Waals surface area contributed by atoms with E-state index >= 15 is 0 Å². The second-order valence-corrected chi connectivity index (χ2v) is 16.5. The Kier molecular flexibility index (Phi) is 12.1. The molecule has 0 amide bonds. The Hall–Kier alpha value is -5.26. The summed E-state index contributed by atoms with van der Waals surface area (Å²) in [7, 11) is 3.92. The Labute approximate surface area is 342 Å². The van der Waals surface area contributed by atoms with Gasteiger partial charge in [0.05, 0.1) is 13.1 Å². The summed E-state index contributed by atoms with van der Waals surface area (Å²) in [5, 5.41) is 0. The number of allylic oxidation sites excluding steroid dienone is 2. The fourth-order valence-corrected chi connectivity index (χ4v) is 9.19. The highest BCUT2D eigenvalue weighted by atomic mass is 16.7. The Morgan fingerprint density at radius 3 is 1.43 bits per heavy atom. The third kappa shape index (κ3) is 9.37. The van der Waals surface area contributed by atoms with Gasteiger partial charge in [-0.2, -0.15) is 0 Å². The molecule has 4 aliphatic rings. The summed E-state index contributed by atoms with van der Waals surface area (Å²) in [6, 6.07) is 21.5. The molecule has 10 nitrogen and oxygen atoms in total. The van der Waals surface area contributed by atoms with Crippen LogP contribution in [0, 0.1) is 0 Å². The Morgan fingerprint density at radius 1 is 0.586 bits per heavy atom. The molecule has 4 aromatic rings. The predicted molar refractivity (Wildman–Crippen MR) is 227 cm³/mol. The van der Waals surface area contributed by atoms with E-state index in [0.29, 0.717) is 13.1 Å². The number of quaternary nitrogens is 2. The van der Waals surface area contributed by atoms with Gasteiger partial charge in [-0.1, -0.05) is 48.6 Å². The van der Waals surface area contributed by atoms with E-state index in [2.05, 4.69) is 92.6 Å². The molecular formula is C48H56N6O4+2. The Morgan fingerprint density at radius 2 is 1.00 bits per heavy atom. The molecule has 2 aromatic heterocycles. The molecule has 0 spiro atoms. The molecule has 0 bridgehead atoms. The summed E-state index contributed by atoms with van der Waals surface area (Å²) in [4.78, 5) is 51.2. The molecule has 2 aromatic carbocycles. The maximum atomic E-state index is 13.0. The van der Waals surface area contributed by atoms with Gasteiger partial charge in [-0.15, -0.1) is 9.29 Å².